The van der Waals surface area contributed by atoms with E-state index in [0.29, 0.717) is 6.04 Å². The van der Waals surface area contributed by atoms with Gasteiger partial charge in [0.15, 0.2) is 5.42 Å². The molecule has 2 fully saturated rings. The second-order valence-corrected chi connectivity index (χ2v) is 7.70. The van der Waals surface area contributed by atoms with E-state index in [1.54, 1.807) is 0 Å². The van der Waals surface area contributed by atoms with Gasteiger partial charge in [0, 0.05) is 25.3 Å². The average Bonchev–Trinajstić information content (AvgIpc) is 3.04. The van der Waals surface area contributed by atoms with E-state index in [1.165, 1.54) is 37.8 Å². The molecule has 0 N–H and O–H groups in total. The van der Waals surface area contributed by atoms with Crippen LogP contribution in [-0.4, -0.2) is 36.9 Å². The summed E-state index contributed by atoms with van der Waals surface area (Å²) >= 11 is 0. The molecule has 1 aliphatic carbocycles. The molecule has 2 heterocycles. The van der Waals surface area contributed by atoms with Gasteiger partial charge in [-0.05, 0) is 43.5 Å². The van der Waals surface area contributed by atoms with Crippen LogP contribution in [0.1, 0.15) is 44.6 Å². The molecule has 1 aromatic heterocycles. The number of anilines is 1. The Morgan fingerprint density at radius 2 is 1.82 bits per heavy atom. The molecule has 5 heteroatoms. The maximum atomic E-state index is 6.14. The molecule has 1 saturated carbocycles. The van der Waals surface area contributed by atoms with Crippen molar-refractivity contribution >= 4 is 18.3 Å². The standard InChI is InChI=1S/C23H31N3O2/c1-3-26-18(2)22(28-23(26)24-20-7-5-4-6-8-20)17-19-9-11-21(12-10-19)25-13-15-27-16-14-25/h9-12,17,20H,2-8,13-16H2,1H3/b22-17+,24-23+. The Labute approximate surface area is 166 Å². The monoisotopic (exact) mass is 381 g/mol. The van der Waals surface area contributed by atoms with E-state index < -0.39 is 0 Å². The van der Waals surface area contributed by atoms with Crippen molar-refractivity contribution in [2.75, 3.05) is 31.2 Å². The van der Waals surface area contributed by atoms with Crippen LogP contribution >= 0.6 is 0 Å². The number of benzene rings is 1. The zero-order valence-electron chi connectivity index (χ0n) is 16.9. The molecule has 2 aliphatic rings. The summed E-state index contributed by atoms with van der Waals surface area (Å²) in [4.78, 5) is 7.27. The average molecular weight is 382 g/mol. The minimum atomic E-state index is 0.387. The molecule has 0 amide bonds. The van der Waals surface area contributed by atoms with Crippen LogP contribution < -0.4 is 21.3 Å². The lowest BCUT2D eigenvalue weighted by Gasteiger charge is -2.28. The van der Waals surface area contributed by atoms with Gasteiger partial charge >= 0.3 is 0 Å². The van der Waals surface area contributed by atoms with Crippen LogP contribution in [0.2, 0.25) is 0 Å². The first kappa shape index (κ1) is 19.1. The lowest BCUT2D eigenvalue weighted by atomic mass is 9.96. The van der Waals surface area contributed by atoms with Crippen LogP contribution in [-0.2, 0) is 11.3 Å². The molecular formula is C23H31N3O2. The van der Waals surface area contributed by atoms with Crippen molar-refractivity contribution in [1.29, 1.82) is 0 Å². The first-order valence-corrected chi connectivity index (χ1v) is 10.6. The molecule has 150 valence electrons. The zero-order valence-corrected chi connectivity index (χ0v) is 16.9. The largest absolute Gasteiger partial charge is 0.424 e. The van der Waals surface area contributed by atoms with Crippen LogP contribution in [0.15, 0.2) is 33.7 Å². The van der Waals surface area contributed by atoms with Crippen molar-refractivity contribution in [3.8, 4) is 0 Å². The summed E-state index contributed by atoms with van der Waals surface area (Å²) < 4.78 is 13.7. The number of nitrogens with zero attached hydrogens (tertiary/aromatic N) is 3. The molecule has 4 rings (SSSR count). The van der Waals surface area contributed by atoms with Gasteiger partial charge in [-0.3, -0.25) is 4.57 Å². The van der Waals surface area contributed by atoms with Crippen LogP contribution in [0.4, 0.5) is 5.69 Å². The van der Waals surface area contributed by atoms with Gasteiger partial charge in [-0.1, -0.05) is 38.0 Å². The molecular weight excluding hydrogens is 350 g/mol. The van der Waals surface area contributed by atoms with Gasteiger partial charge in [-0.15, -0.1) is 0 Å². The number of oxazole rings is 1. The Balaban J connectivity index is 1.62. The molecule has 0 bridgehead atoms. The molecule has 1 aromatic carbocycles. The number of ether oxygens (including phenoxy) is 1. The second-order valence-electron chi connectivity index (χ2n) is 7.70. The van der Waals surface area contributed by atoms with Gasteiger partial charge in [-0.25, -0.2) is 4.99 Å². The van der Waals surface area contributed by atoms with Crippen LogP contribution in [0.5, 0.6) is 0 Å². The third kappa shape index (κ3) is 4.25. The van der Waals surface area contributed by atoms with Crippen LogP contribution in [0.3, 0.4) is 0 Å². The molecule has 0 radical (unpaired) electrons. The highest BCUT2D eigenvalue weighted by Crippen LogP contribution is 2.19. The molecule has 5 nitrogen and oxygen atoms in total. The van der Waals surface area contributed by atoms with E-state index >= 15 is 0 Å². The SMILES string of the molecule is C=c1/c(=C\c2ccc(N3CCOCC3)cc2)o/c(=N/C2CCCCC2)n1CC. The topological polar surface area (TPSA) is 42.9 Å². The summed E-state index contributed by atoms with van der Waals surface area (Å²) in [5.41, 5.74) is 3.88. The summed E-state index contributed by atoms with van der Waals surface area (Å²) in [6.07, 6.45) is 8.27. The highest BCUT2D eigenvalue weighted by molar-refractivity contribution is 5.55. The maximum Gasteiger partial charge on any atom is 0.297 e. The van der Waals surface area contributed by atoms with Crippen molar-refractivity contribution in [3.05, 3.63) is 46.3 Å². The second kappa shape index (κ2) is 8.82. The molecule has 1 aliphatic heterocycles. The predicted molar refractivity (Wildman–Crippen MR) is 113 cm³/mol. The fourth-order valence-electron chi connectivity index (χ4n) is 4.12. The van der Waals surface area contributed by atoms with Gasteiger partial charge in [0.25, 0.3) is 5.68 Å². The highest BCUT2D eigenvalue weighted by atomic mass is 16.5. The van der Waals surface area contributed by atoms with E-state index in [9.17, 15) is 0 Å². The summed E-state index contributed by atoms with van der Waals surface area (Å²) in [7, 11) is 0. The van der Waals surface area contributed by atoms with E-state index in [4.69, 9.17) is 14.1 Å². The predicted octanol–water partition coefficient (Wildman–Crippen LogP) is 2.41. The maximum absolute atomic E-state index is 6.14. The molecule has 0 atom stereocenters. The van der Waals surface area contributed by atoms with Gasteiger partial charge < -0.3 is 14.1 Å². The normalized spacial score (nSPS) is 20.1. The fourth-order valence-corrected chi connectivity index (χ4v) is 4.12. The number of rotatable bonds is 4. The van der Waals surface area contributed by atoms with E-state index in [0.717, 1.165) is 54.9 Å². The number of hydrogen-bond donors (Lipinski definition) is 0. The first-order chi connectivity index (χ1) is 13.7. The Bertz CT molecular complexity index is 943. The zero-order chi connectivity index (χ0) is 19.3. The van der Waals surface area contributed by atoms with E-state index in [1.807, 2.05) is 0 Å². The minimum absolute atomic E-state index is 0.387. The van der Waals surface area contributed by atoms with Crippen molar-refractivity contribution in [2.45, 2.75) is 51.6 Å². The van der Waals surface area contributed by atoms with Gasteiger partial charge in [0.2, 0.25) is 0 Å². The highest BCUT2D eigenvalue weighted by Gasteiger charge is 2.13. The Morgan fingerprint density at radius 1 is 1.11 bits per heavy atom. The van der Waals surface area contributed by atoms with Gasteiger partial charge in [0.05, 0.1) is 24.6 Å². The molecule has 1 saturated heterocycles. The third-order valence-corrected chi connectivity index (χ3v) is 5.79. The Hall–Kier alpha value is -2.27. The van der Waals surface area contributed by atoms with Crippen molar-refractivity contribution in [1.82, 2.24) is 4.57 Å². The first-order valence-electron chi connectivity index (χ1n) is 10.6. The molecule has 2 aromatic rings. The number of morpholine rings is 1. The van der Waals surface area contributed by atoms with E-state index in [2.05, 4.69) is 53.3 Å². The lowest BCUT2D eigenvalue weighted by Crippen LogP contribution is -2.36. The summed E-state index contributed by atoms with van der Waals surface area (Å²) in [5, 5.41) is 0.898. The Morgan fingerprint density at radius 3 is 2.50 bits per heavy atom. The van der Waals surface area contributed by atoms with Crippen LogP contribution in [0, 0.1) is 0 Å². The molecule has 0 unspecified atom stereocenters. The quantitative estimate of drug-likeness (QED) is 0.817. The summed E-state index contributed by atoms with van der Waals surface area (Å²) in [5.74, 6) is 0. The number of aromatic nitrogens is 1. The smallest absolute Gasteiger partial charge is 0.297 e. The van der Waals surface area contributed by atoms with E-state index in [-0.39, 0.29) is 0 Å². The fraction of sp³-hybridized carbons (Fsp3) is 0.522. The summed E-state index contributed by atoms with van der Waals surface area (Å²) in [6.45, 7) is 10.7. The Kier molecular flexibility index (Phi) is 6.01. The molecule has 28 heavy (non-hydrogen) atoms. The van der Waals surface area contributed by atoms with Crippen molar-refractivity contribution < 1.29 is 9.15 Å². The van der Waals surface area contributed by atoms with Gasteiger partial charge in [0.1, 0.15) is 0 Å². The third-order valence-electron chi connectivity index (χ3n) is 5.79. The lowest BCUT2D eigenvalue weighted by molar-refractivity contribution is 0.122. The minimum Gasteiger partial charge on any atom is -0.424 e. The van der Waals surface area contributed by atoms with Crippen molar-refractivity contribution in [2.24, 2.45) is 4.99 Å². The van der Waals surface area contributed by atoms with Crippen LogP contribution in [0.25, 0.3) is 12.7 Å². The molecule has 0 spiro atoms. The summed E-state index contributed by atoms with van der Waals surface area (Å²) in [6, 6.07) is 9.01. The van der Waals surface area contributed by atoms with Crippen molar-refractivity contribution in [3.63, 3.8) is 0 Å². The number of hydrogen-bond acceptors (Lipinski definition) is 4. The van der Waals surface area contributed by atoms with Gasteiger partial charge in [-0.2, -0.15) is 0 Å².